The Kier molecular flexibility index (Phi) is 4.90. The highest BCUT2D eigenvalue weighted by atomic mass is 35.5. The molecule has 0 aliphatic carbocycles. The van der Waals surface area contributed by atoms with E-state index in [0.717, 1.165) is 17.5 Å². The van der Waals surface area contributed by atoms with Crippen LogP contribution in [-0.4, -0.2) is 26.6 Å². The highest BCUT2D eigenvalue weighted by Gasteiger charge is 2.15. The topological polar surface area (TPSA) is 55.1 Å². The molecule has 0 saturated carbocycles. The number of halogens is 2. The average Bonchev–Trinajstić information content (AvgIpc) is 2.84. The first-order valence-electron chi connectivity index (χ1n) is 6.28. The lowest BCUT2D eigenvalue weighted by atomic mass is 10.1. The summed E-state index contributed by atoms with van der Waals surface area (Å²) in [4.78, 5) is 10.7. The lowest BCUT2D eigenvalue weighted by Gasteiger charge is -2.07. The Morgan fingerprint density at radius 2 is 2.19 bits per heavy atom. The minimum absolute atomic E-state index is 0.0368. The molecule has 0 aliphatic rings. The fourth-order valence-corrected chi connectivity index (χ4v) is 2.57. The van der Waals surface area contributed by atoms with Crippen LogP contribution in [0.4, 0.5) is 4.39 Å². The smallest absolute Gasteiger partial charge is 0.313 e. The van der Waals surface area contributed by atoms with Crippen molar-refractivity contribution < 1.29 is 14.3 Å². The number of hydrogen-bond acceptors (Lipinski definition) is 3. The molecule has 112 valence electrons. The van der Waals surface area contributed by atoms with Crippen LogP contribution >= 0.6 is 23.4 Å². The van der Waals surface area contributed by atoms with Gasteiger partial charge in [0.05, 0.1) is 22.2 Å². The van der Waals surface area contributed by atoms with Crippen molar-refractivity contribution in [2.75, 3.05) is 5.75 Å². The van der Waals surface area contributed by atoms with Gasteiger partial charge < -0.3 is 5.11 Å². The Bertz CT molecular complexity index is 673. The fraction of sp³-hybridized carbons (Fsp3) is 0.286. The van der Waals surface area contributed by atoms with Crippen LogP contribution in [0.1, 0.15) is 25.5 Å². The highest BCUT2D eigenvalue weighted by molar-refractivity contribution is 7.99. The standard InChI is InChI=1S/C14H14ClFN2O2S/c1-8(2)12-6-13(21-7-14(19)20)18(17-12)9-3-4-10(15)11(16)5-9/h3-6,8H,7H2,1-2H3,(H,19,20). The Hall–Kier alpha value is -1.53. The van der Waals surface area contributed by atoms with E-state index in [9.17, 15) is 9.18 Å². The second-order valence-electron chi connectivity index (χ2n) is 4.75. The third kappa shape index (κ3) is 3.77. The van der Waals surface area contributed by atoms with Crippen LogP contribution in [0.3, 0.4) is 0 Å². The third-order valence-electron chi connectivity index (χ3n) is 2.78. The number of benzene rings is 1. The van der Waals surface area contributed by atoms with E-state index in [4.69, 9.17) is 16.7 Å². The predicted octanol–water partition coefficient (Wildman–Crippen LogP) is 3.96. The second-order valence-corrected chi connectivity index (χ2v) is 6.16. The van der Waals surface area contributed by atoms with E-state index in [1.165, 1.54) is 12.1 Å². The number of carboxylic acids is 1. The minimum atomic E-state index is -0.916. The molecular weight excluding hydrogens is 315 g/mol. The number of aromatic nitrogens is 2. The van der Waals surface area contributed by atoms with E-state index in [1.807, 2.05) is 19.9 Å². The number of aliphatic carboxylic acids is 1. The molecule has 1 heterocycles. The zero-order valence-corrected chi connectivity index (χ0v) is 13.1. The van der Waals surface area contributed by atoms with Gasteiger partial charge in [0, 0.05) is 6.07 Å². The van der Waals surface area contributed by atoms with Crippen molar-refractivity contribution in [3.05, 3.63) is 40.8 Å². The maximum absolute atomic E-state index is 13.6. The number of rotatable bonds is 5. The minimum Gasteiger partial charge on any atom is -0.481 e. The van der Waals surface area contributed by atoms with Crippen LogP contribution in [0.2, 0.25) is 5.02 Å². The van der Waals surface area contributed by atoms with Gasteiger partial charge in [-0.3, -0.25) is 4.79 Å². The van der Waals surface area contributed by atoms with Gasteiger partial charge >= 0.3 is 5.97 Å². The Balaban J connectivity index is 2.44. The first kappa shape index (κ1) is 15.9. The van der Waals surface area contributed by atoms with Gasteiger partial charge in [-0.1, -0.05) is 37.2 Å². The second kappa shape index (κ2) is 6.49. The molecule has 0 spiro atoms. The van der Waals surface area contributed by atoms with Crippen molar-refractivity contribution in [3.8, 4) is 5.69 Å². The van der Waals surface area contributed by atoms with E-state index in [1.54, 1.807) is 10.7 Å². The van der Waals surface area contributed by atoms with Crippen LogP contribution in [0.25, 0.3) is 5.69 Å². The molecule has 4 nitrogen and oxygen atoms in total. The largest absolute Gasteiger partial charge is 0.481 e. The predicted molar refractivity (Wildman–Crippen MR) is 81.0 cm³/mol. The van der Waals surface area contributed by atoms with Crippen LogP contribution in [-0.2, 0) is 4.79 Å². The van der Waals surface area contributed by atoms with Crippen LogP contribution in [0, 0.1) is 5.82 Å². The van der Waals surface area contributed by atoms with Gasteiger partial charge in [-0.2, -0.15) is 5.10 Å². The van der Waals surface area contributed by atoms with Gasteiger partial charge in [0.1, 0.15) is 10.8 Å². The number of thioether (sulfide) groups is 1. The zero-order valence-electron chi connectivity index (χ0n) is 11.5. The summed E-state index contributed by atoms with van der Waals surface area (Å²) in [5, 5.41) is 13.9. The van der Waals surface area contributed by atoms with Crippen LogP contribution in [0.5, 0.6) is 0 Å². The first-order chi connectivity index (χ1) is 9.88. The molecule has 0 fully saturated rings. The van der Waals surface area contributed by atoms with E-state index in [2.05, 4.69) is 5.10 Å². The molecule has 0 radical (unpaired) electrons. The van der Waals surface area contributed by atoms with E-state index in [0.29, 0.717) is 10.7 Å². The molecule has 0 aliphatic heterocycles. The third-order valence-corrected chi connectivity index (χ3v) is 4.06. The van der Waals surface area contributed by atoms with Gasteiger partial charge in [-0.05, 0) is 24.1 Å². The van der Waals surface area contributed by atoms with Crippen molar-refractivity contribution in [1.82, 2.24) is 9.78 Å². The molecule has 0 saturated heterocycles. The molecule has 0 bridgehead atoms. The molecular formula is C14H14ClFN2O2S. The summed E-state index contributed by atoms with van der Waals surface area (Å²) in [6, 6.07) is 6.21. The lowest BCUT2D eigenvalue weighted by Crippen LogP contribution is -2.03. The van der Waals surface area contributed by atoms with Crippen molar-refractivity contribution in [1.29, 1.82) is 0 Å². The maximum atomic E-state index is 13.6. The Morgan fingerprint density at radius 1 is 1.48 bits per heavy atom. The fourth-order valence-electron chi connectivity index (χ4n) is 1.70. The van der Waals surface area contributed by atoms with Crippen LogP contribution in [0.15, 0.2) is 29.3 Å². The Morgan fingerprint density at radius 3 is 2.76 bits per heavy atom. The van der Waals surface area contributed by atoms with E-state index in [-0.39, 0.29) is 16.7 Å². The average molecular weight is 329 g/mol. The summed E-state index contributed by atoms with van der Waals surface area (Å²) in [6.45, 7) is 3.97. The normalized spacial score (nSPS) is 11.1. The number of carboxylic acid groups (broad SMARTS) is 1. The maximum Gasteiger partial charge on any atom is 0.313 e. The molecule has 1 N–H and O–H groups in total. The highest BCUT2D eigenvalue weighted by Crippen LogP contribution is 2.27. The van der Waals surface area contributed by atoms with Crippen molar-refractivity contribution in [3.63, 3.8) is 0 Å². The summed E-state index contributed by atoms with van der Waals surface area (Å²) in [7, 11) is 0. The van der Waals surface area contributed by atoms with Gasteiger partial charge in [-0.25, -0.2) is 9.07 Å². The number of carbonyl (C=O) groups is 1. The van der Waals surface area contributed by atoms with E-state index < -0.39 is 11.8 Å². The molecule has 0 amide bonds. The lowest BCUT2D eigenvalue weighted by molar-refractivity contribution is -0.133. The molecule has 7 heteroatoms. The van der Waals surface area contributed by atoms with Gasteiger partial charge in [-0.15, -0.1) is 0 Å². The zero-order chi connectivity index (χ0) is 15.6. The molecule has 2 aromatic rings. The van der Waals surface area contributed by atoms with Gasteiger partial charge in [0.15, 0.2) is 0 Å². The van der Waals surface area contributed by atoms with Crippen LogP contribution < -0.4 is 0 Å². The SMILES string of the molecule is CC(C)c1cc(SCC(=O)O)n(-c2ccc(Cl)c(F)c2)n1. The monoisotopic (exact) mass is 328 g/mol. The summed E-state index contributed by atoms with van der Waals surface area (Å²) in [5.74, 6) is -1.35. The summed E-state index contributed by atoms with van der Waals surface area (Å²) >= 11 is 6.82. The van der Waals surface area contributed by atoms with E-state index >= 15 is 0 Å². The molecule has 0 unspecified atom stereocenters. The summed E-state index contributed by atoms with van der Waals surface area (Å²) in [5.41, 5.74) is 1.33. The number of hydrogen-bond donors (Lipinski definition) is 1. The van der Waals surface area contributed by atoms with Crippen molar-refractivity contribution >= 4 is 29.3 Å². The van der Waals surface area contributed by atoms with Gasteiger partial charge in [0.25, 0.3) is 0 Å². The number of nitrogens with zero attached hydrogens (tertiary/aromatic N) is 2. The van der Waals surface area contributed by atoms with Crippen molar-refractivity contribution in [2.45, 2.75) is 24.8 Å². The summed E-state index contributed by atoms with van der Waals surface area (Å²) in [6.07, 6.45) is 0. The molecule has 0 atom stereocenters. The molecule has 1 aromatic heterocycles. The molecule has 1 aromatic carbocycles. The van der Waals surface area contributed by atoms with Crippen molar-refractivity contribution in [2.24, 2.45) is 0 Å². The summed E-state index contributed by atoms with van der Waals surface area (Å²) < 4.78 is 15.1. The molecule has 2 rings (SSSR count). The quantitative estimate of drug-likeness (QED) is 0.844. The first-order valence-corrected chi connectivity index (χ1v) is 7.65. The van der Waals surface area contributed by atoms with Gasteiger partial charge in [0.2, 0.25) is 0 Å². The Labute approximate surface area is 130 Å². The molecule has 21 heavy (non-hydrogen) atoms.